The first-order valence-corrected chi connectivity index (χ1v) is 8.94. The number of halogens is 3. The number of aromatic nitrogens is 3. The smallest absolute Gasteiger partial charge is 0.416 e. The molecular weight excluding hydrogens is 385 g/mol. The first kappa shape index (κ1) is 19.1. The van der Waals surface area contributed by atoms with Crippen LogP contribution in [0, 0.1) is 5.92 Å². The number of nitrogens with zero attached hydrogens (tertiary/aromatic N) is 4. The van der Waals surface area contributed by atoms with Gasteiger partial charge in [0.2, 0.25) is 0 Å². The van der Waals surface area contributed by atoms with E-state index in [-0.39, 0.29) is 5.92 Å². The summed E-state index contributed by atoms with van der Waals surface area (Å²) in [6, 6.07) is 12.4. The SMILES string of the molecule is O=C(O)C1CN(Cc2ccc(-n3cc(-c4ccc(C(F)(F)F)cc4)nn3)cc2)C1. The zero-order valence-electron chi connectivity index (χ0n) is 15.2. The van der Waals surface area contributed by atoms with E-state index in [1.807, 2.05) is 24.3 Å². The Morgan fingerprint density at radius 2 is 1.72 bits per heavy atom. The zero-order chi connectivity index (χ0) is 20.6. The molecular formula is C20H17F3N4O2. The van der Waals surface area contributed by atoms with Gasteiger partial charge in [0.15, 0.2) is 0 Å². The van der Waals surface area contributed by atoms with Gasteiger partial charge in [-0.1, -0.05) is 29.5 Å². The molecule has 1 aromatic heterocycles. The molecule has 3 aromatic rings. The van der Waals surface area contributed by atoms with Gasteiger partial charge in [-0.25, -0.2) is 4.68 Å². The minimum atomic E-state index is -4.37. The number of rotatable bonds is 5. The summed E-state index contributed by atoms with van der Waals surface area (Å²) >= 11 is 0. The van der Waals surface area contributed by atoms with Gasteiger partial charge >= 0.3 is 12.1 Å². The van der Waals surface area contributed by atoms with Crippen LogP contribution in [0.15, 0.2) is 54.7 Å². The van der Waals surface area contributed by atoms with Crippen LogP contribution in [0.4, 0.5) is 13.2 Å². The second-order valence-corrected chi connectivity index (χ2v) is 7.02. The lowest BCUT2D eigenvalue weighted by atomic mass is 9.99. The Kier molecular flexibility index (Phi) is 4.83. The maximum atomic E-state index is 12.7. The number of likely N-dealkylation sites (tertiary alicyclic amines) is 1. The van der Waals surface area contributed by atoms with Crippen molar-refractivity contribution in [3.63, 3.8) is 0 Å². The topological polar surface area (TPSA) is 71.2 Å². The van der Waals surface area contributed by atoms with E-state index in [9.17, 15) is 18.0 Å². The predicted molar refractivity (Wildman–Crippen MR) is 98.2 cm³/mol. The Hall–Kier alpha value is -3.20. The summed E-state index contributed by atoms with van der Waals surface area (Å²) in [6.07, 6.45) is -2.72. The predicted octanol–water partition coefficient (Wildman–Crippen LogP) is 3.47. The summed E-state index contributed by atoms with van der Waals surface area (Å²) in [6.45, 7) is 1.78. The fraction of sp³-hybridized carbons (Fsp3) is 0.250. The van der Waals surface area contributed by atoms with E-state index >= 15 is 0 Å². The molecule has 1 saturated heterocycles. The van der Waals surface area contributed by atoms with Crippen LogP contribution in [0.1, 0.15) is 11.1 Å². The molecule has 0 spiro atoms. The van der Waals surface area contributed by atoms with E-state index in [2.05, 4.69) is 15.2 Å². The Bertz CT molecular complexity index is 1010. The minimum Gasteiger partial charge on any atom is -0.481 e. The Labute approximate surface area is 164 Å². The molecule has 1 aliphatic heterocycles. The van der Waals surface area contributed by atoms with Gasteiger partial charge < -0.3 is 5.11 Å². The highest BCUT2D eigenvalue weighted by Crippen LogP contribution is 2.30. The fourth-order valence-corrected chi connectivity index (χ4v) is 3.22. The number of aliphatic carboxylic acids is 1. The van der Waals surface area contributed by atoms with E-state index in [4.69, 9.17) is 5.11 Å². The van der Waals surface area contributed by atoms with Crippen molar-refractivity contribution >= 4 is 5.97 Å². The molecule has 2 aromatic carbocycles. The molecule has 6 nitrogen and oxygen atoms in total. The van der Waals surface area contributed by atoms with Crippen LogP contribution in [-0.2, 0) is 17.5 Å². The lowest BCUT2D eigenvalue weighted by Crippen LogP contribution is -2.49. The minimum absolute atomic E-state index is 0.284. The van der Waals surface area contributed by atoms with Gasteiger partial charge in [-0.05, 0) is 29.8 Å². The van der Waals surface area contributed by atoms with Crippen LogP contribution >= 0.6 is 0 Å². The fourth-order valence-electron chi connectivity index (χ4n) is 3.22. The molecule has 2 heterocycles. The highest BCUT2D eigenvalue weighted by Gasteiger charge is 2.32. The molecule has 0 aliphatic carbocycles. The molecule has 4 rings (SSSR count). The second kappa shape index (κ2) is 7.32. The monoisotopic (exact) mass is 402 g/mol. The molecule has 1 N–H and O–H groups in total. The van der Waals surface area contributed by atoms with Gasteiger partial charge in [0.1, 0.15) is 5.69 Å². The molecule has 0 amide bonds. The molecule has 29 heavy (non-hydrogen) atoms. The van der Waals surface area contributed by atoms with Crippen molar-refractivity contribution in [3.05, 3.63) is 65.9 Å². The molecule has 0 radical (unpaired) electrons. The maximum Gasteiger partial charge on any atom is 0.416 e. The quantitative estimate of drug-likeness (QED) is 0.708. The van der Waals surface area contributed by atoms with E-state index in [1.165, 1.54) is 12.1 Å². The van der Waals surface area contributed by atoms with Gasteiger partial charge in [-0.2, -0.15) is 13.2 Å². The van der Waals surface area contributed by atoms with E-state index in [0.717, 1.165) is 23.4 Å². The van der Waals surface area contributed by atoms with Crippen LogP contribution < -0.4 is 0 Å². The molecule has 0 saturated carbocycles. The first-order chi connectivity index (χ1) is 13.8. The van der Waals surface area contributed by atoms with Crippen LogP contribution in [0.25, 0.3) is 16.9 Å². The number of benzene rings is 2. The van der Waals surface area contributed by atoms with Gasteiger partial charge in [0.25, 0.3) is 0 Å². The van der Waals surface area contributed by atoms with Crippen LogP contribution in [0.5, 0.6) is 0 Å². The van der Waals surface area contributed by atoms with Crippen molar-refractivity contribution in [1.29, 1.82) is 0 Å². The normalized spacial score (nSPS) is 15.3. The molecule has 0 atom stereocenters. The summed E-state index contributed by atoms with van der Waals surface area (Å²) < 4.78 is 39.6. The van der Waals surface area contributed by atoms with Gasteiger partial charge in [0.05, 0.1) is 23.4 Å². The summed E-state index contributed by atoms with van der Waals surface area (Å²) in [7, 11) is 0. The van der Waals surface area contributed by atoms with Crippen LogP contribution in [0.2, 0.25) is 0 Å². The maximum absolute atomic E-state index is 12.7. The lowest BCUT2D eigenvalue weighted by molar-refractivity contribution is -0.147. The number of carboxylic acids is 1. The largest absolute Gasteiger partial charge is 0.481 e. The van der Waals surface area contributed by atoms with E-state index < -0.39 is 17.7 Å². The average molecular weight is 402 g/mol. The molecule has 1 fully saturated rings. The molecule has 1 aliphatic rings. The van der Waals surface area contributed by atoms with Crippen molar-refractivity contribution < 1.29 is 23.1 Å². The number of hydrogen-bond acceptors (Lipinski definition) is 4. The van der Waals surface area contributed by atoms with Gasteiger partial charge in [-0.15, -0.1) is 5.10 Å². The van der Waals surface area contributed by atoms with E-state index in [1.54, 1.807) is 10.9 Å². The number of alkyl halides is 3. The van der Waals surface area contributed by atoms with Crippen molar-refractivity contribution in [2.24, 2.45) is 5.92 Å². The van der Waals surface area contributed by atoms with Crippen molar-refractivity contribution in [2.45, 2.75) is 12.7 Å². The Balaban J connectivity index is 1.42. The number of carboxylic acid groups (broad SMARTS) is 1. The van der Waals surface area contributed by atoms with Crippen LogP contribution in [-0.4, -0.2) is 44.1 Å². The van der Waals surface area contributed by atoms with Crippen molar-refractivity contribution in [3.8, 4) is 16.9 Å². The number of carbonyl (C=O) groups is 1. The molecule has 9 heteroatoms. The Morgan fingerprint density at radius 3 is 2.31 bits per heavy atom. The highest BCUT2D eigenvalue weighted by atomic mass is 19.4. The third kappa shape index (κ3) is 4.14. The average Bonchev–Trinajstić information content (AvgIpc) is 3.14. The van der Waals surface area contributed by atoms with Gasteiger partial charge in [0, 0.05) is 25.2 Å². The second-order valence-electron chi connectivity index (χ2n) is 7.02. The summed E-state index contributed by atoms with van der Waals surface area (Å²) in [5, 5.41) is 17.0. The van der Waals surface area contributed by atoms with Crippen molar-refractivity contribution in [2.75, 3.05) is 13.1 Å². The first-order valence-electron chi connectivity index (χ1n) is 8.94. The third-order valence-corrected chi connectivity index (χ3v) is 4.91. The lowest BCUT2D eigenvalue weighted by Gasteiger charge is -2.36. The van der Waals surface area contributed by atoms with Crippen LogP contribution in [0.3, 0.4) is 0 Å². The molecule has 150 valence electrons. The highest BCUT2D eigenvalue weighted by molar-refractivity contribution is 5.71. The standard InChI is InChI=1S/C20H17F3N4O2/c21-20(22,23)16-5-3-14(4-6-16)18-12-27(25-24-18)17-7-1-13(2-8-17)9-26-10-15(11-26)19(28)29/h1-8,12,15H,9-11H2,(H,28,29). The summed E-state index contributed by atoms with van der Waals surface area (Å²) in [5.74, 6) is -1.04. The zero-order valence-corrected chi connectivity index (χ0v) is 15.2. The molecule has 0 unspecified atom stereocenters. The molecule has 0 bridgehead atoms. The Morgan fingerprint density at radius 1 is 1.07 bits per heavy atom. The van der Waals surface area contributed by atoms with Gasteiger partial charge in [-0.3, -0.25) is 9.69 Å². The summed E-state index contributed by atoms with van der Waals surface area (Å²) in [4.78, 5) is 12.9. The number of hydrogen-bond donors (Lipinski definition) is 1. The third-order valence-electron chi connectivity index (χ3n) is 4.91. The summed E-state index contributed by atoms with van der Waals surface area (Å²) in [5.41, 5.74) is 2.14. The van der Waals surface area contributed by atoms with Crippen molar-refractivity contribution in [1.82, 2.24) is 19.9 Å². The van der Waals surface area contributed by atoms with E-state index in [0.29, 0.717) is 30.9 Å².